The summed E-state index contributed by atoms with van der Waals surface area (Å²) in [7, 11) is 0. The van der Waals surface area contributed by atoms with Crippen molar-refractivity contribution in [2.24, 2.45) is 11.8 Å². The molecule has 0 saturated carbocycles. The molecule has 0 unspecified atom stereocenters. The number of ketones is 1. The van der Waals surface area contributed by atoms with Crippen LogP contribution in [-0.2, 0) is 36.9 Å². The van der Waals surface area contributed by atoms with Gasteiger partial charge in [-0.3, -0.25) is 9.59 Å². The standard InChI is InChI=1S/C20H34N4O5/c1-16(2)15-29-12-11-28-10-9-27-8-7-24-14-18(22-23-24)13-21-20(26)6-5-19(25)17(3)4/h5-6,14,16-17H,7-13,15H2,1-4H3,(H,21,26)/b6-5-. The van der Waals surface area contributed by atoms with Crippen molar-refractivity contribution in [2.45, 2.75) is 40.8 Å². The first kappa shape index (κ1) is 24.9. The van der Waals surface area contributed by atoms with Crippen molar-refractivity contribution in [3.8, 4) is 0 Å². The molecule has 1 N–H and O–H groups in total. The fraction of sp³-hybridized carbons (Fsp3) is 0.700. The molecule has 29 heavy (non-hydrogen) atoms. The summed E-state index contributed by atoms with van der Waals surface area (Å²) in [6, 6.07) is 0. The quantitative estimate of drug-likeness (QED) is 0.324. The van der Waals surface area contributed by atoms with E-state index in [0.717, 1.165) is 6.61 Å². The Morgan fingerprint density at radius 1 is 1.03 bits per heavy atom. The van der Waals surface area contributed by atoms with Crippen LogP contribution in [0, 0.1) is 11.8 Å². The zero-order valence-corrected chi connectivity index (χ0v) is 17.9. The average molecular weight is 411 g/mol. The van der Waals surface area contributed by atoms with Crippen molar-refractivity contribution in [3.63, 3.8) is 0 Å². The molecule has 0 atom stereocenters. The van der Waals surface area contributed by atoms with Gasteiger partial charge in [-0.1, -0.05) is 32.9 Å². The van der Waals surface area contributed by atoms with Gasteiger partial charge in [-0.25, -0.2) is 4.68 Å². The number of hydrogen-bond donors (Lipinski definition) is 1. The van der Waals surface area contributed by atoms with E-state index >= 15 is 0 Å². The fourth-order valence-corrected chi connectivity index (χ4v) is 2.03. The van der Waals surface area contributed by atoms with Crippen LogP contribution in [-0.4, -0.2) is 66.3 Å². The van der Waals surface area contributed by atoms with E-state index in [2.05, 4.69) is 29.5 Å². The van der Waals surface area contributed by atoms with Crippen LogP contribution in [0.3, 0.4) is 0 Å². The number of carbonyl (C=O) groups is 2. The van der Waals surface area contributed by atoms with Crippen LogP contribution >= 0.6 is 0 Å². The highest BCUT2D eigenvalue weighted by molar-refractivity contribution is 5.98. The third kappa shape index (κ3) is 12.9. The lowest BCUT2D eigenvalue weighted by molar-refractivity contribution is -0.119. The molecule has 0 aliphatic carbocycles. The lowest BCUT2D eigenvalue weighted by atomic mass is 10.1. The Balaban J connectivity index is 2.08. The Labute approximate surface area is 172 Å². The molecule has 0 radical (unpaired) electrons. The minimum absolute atomic E-state index is 0.0871. The number of ether oxygens (including phenoxy) is 3. The Bertz CT molecular complexity index is 628. The smallest absolute Gasteiger partial charge is 0.244 e. The summed E-state index contributed by atoms with van der Waals surface area (Å²) in [6.45, 7) is 12.0. The van der Waals surface area contributed by atoms with E-state index in [-0.39, 0.29) is 24.2 Å². The molecule has 0 aromatic carbocycles. The minimum atomic E-state index is -0.341. The SMILES string of the molecule is CC(C)COCCOCCOCCn1cc(CNC(=O)/C=C\C(=O)C(C)C)nn1. The average Bonchev–Trinajstić information content (AvgIpc) is 3.13. The summed E-state index contributed by atoms with van der Waals surface area (Å²) >= 11 is 0. The molecule has 1 aromatic rings. The molecule has 0 aliphatic rings. The molecule has 1 amide bonds. The molecule has 0 saturated heterocycles. The third-order valence-electron chi connectivity index (χ3n) is 3.66. The predicted molar refractivity (Wildman–Crippen MR) is 108 cm³/mol. The van der Waals surface area contributed by atoms with E-state index < -0.39 is 0 Å². The van der Waals surface area contributed by atoms with Gasteiger partial charge in [0.1, 0.15) is 5.69 Å². The first-order valence-electron chi connectivity index (χ1n) is 10.0. The summed E-state index contributed by atoms with van der Waals surface area (Å²) in [5.41, 5.74) is 0.631. The highest BCUT2D eigenvalue weighted by Gasteiger charge is 2.05. The largest absolute Gasteiger partial charge is 0.379 e. The maximum Gasteiger partial charge on any atom is 0.244 e. The van der Waals surface area contributed by atoms with Gasteiger partial charge < -0.3 is 19.5 Å². The number of amides is 1. The summed E-state index contributed by atoms with van der Waals surface area (Å²) in [6.07, 6.45) is 4.27. The number of nitrogens with zero attached hydrogens (tertiary/aromatic N) is 3. The van der Waals surface area contributed by atoms with E-state index in [0.29, 0.717) is 51.2 Å². The van der Waals surface area contributed by atoms with E-state index in [1.807, 2.05) is 0 Å². The van der Waals surface area contributed by atoms with E-state index in [9.17, 15) is 9.59 Å². The molecule has 1 heterocycles. The van der Waals surface area contributed by atoms with Gasteiger partial charge in [0.2, 0.25) is 5.91 Å². The fourth-order valence-electron chi connectivity index (χ4n) is 2.03. The van der Waals surface area contributed by atoms with Crippen LogP contribution in [0.25, 0.3) is 0 Å². The second kappa shape index (κ2) is 14.8. The number of nitrogens with one attached hydrogen (secondary N) is 1. The lowest BCUT2D eigenvalue weighted by Gasteiger charge is -2.08. The van der Waals surface area contributed by atoms with Crippen molar-refractivity contribution < 1.29 is 23.8 Å². The summed E-state index contributed by atoms with van der Waals surface area (Å²) in [4.78, 5) is 23.1. The molecule has 0 fully saturated rings. The molecule has 0 spiro atoms. The molecule has 9 nitrogen and oxygen atoms in total. The van der Waals surface area contributed by atoms with Crippen LogP contribution in [0.1, 0.15) is 33.4 Å². The molecular formula is C20H34N4O5. The summed E-state index contributed by atoms with van der Waals surface area (Å²) < 4.78 is 18.0. The van der Waals surface area contributed by atoms with Crippen molar-refractivity contribution in [3.05, 3.63) is 24.0 Å². The van der Waals surface area contributed by atoms with Gasteiger partial charge >= 0.3 is 0 Å². The van der Waals surface area contributed by atoms with Gasteiger partial charge in [0.25, 0.3) is 0 Å². The second-order valence-corrected chi connectivity index (χ2v) is 7.27. The van der Waals surface area contributed by atoms with Gasteiger partial charge in [0.05, 0.1) is 52.3 Å². The summed E-state index contributed by atoms with van der Waals surface area (Å²) in [5, 5.41) is 10.6. The van der Waals surface area contributed by atoms with Crippen LogP contribution in [0.15, 0.2) is 18.3 Å². The maximum atomic E-state index is 11.7. The number of allylic oxidation sites excluding steroid dienone is 1. The van der Waals surface area contributed by atoms with E-state index in [1.54, 1.807) is 24.7 Å². The highest BCUT2D eigenvalue weighted by Crippen LogP contribution is 1.96. The van der Waals surface area contributed by atoms with Crippen molar-refractivity contribution >= 4 is 11.7 Å². The number of rotatable bonds is 16. The zero-order chi connectivity index (χ0) is 21.5. The first-order chi connectivity index (χ1) is 13.9. The monoisotopic (exact) mass is 410 g/mol. The van der Waals surface area contributed by atoms with Gasteiger partial charge in [-0.2, -0.15) is 0 Å². The first-order valence-corrected chi connectivity index (χ1v) is 10.0. The van der Waals surface area contributed by atoms with Gasteiger partial charge in [0, 0.05) is 18.6 Å². The van der Waals surface area contributed by atoms with Crippen LogP contribution in [0.4, 0.5) is 0 Å². The Morgan fingerprint density at radius 2 is 1.69 bits per heavy atom. The maximum absolute atomic E-state index is 11.7. The topological polar surface area (TPSA) is 105 Å². The highest BCUT2D eigenvalue weighted by atomic mass is 16.5. The normalized spacial score (nSPS) is 11.7. The Kier molecular flexibility index (Phi) is 12.8. The third-order valence-corrected chi connectivity index (χ3v) is 3.66. The zero-order valence-electron chi connectivity index (χ0n) is 17.9. The van der Waals surface area contributed by atoms with Crippen LogP contribution < -0.4 is 5.32 Å². The molecule has 1 aromatic heterocycles. The Morgan fingerprint density at radius 3 is 2.34 bits per heavy atom. The second-order valence-electron chi connectivity index (χ2n) is 7.27. The van der Waals surface area contributed by atoms with E-state index in [4.69, 9.17) is 14.2 Å². The molecule has 164 valence electrons. The van der Waals surface area contributed by atoms with Gasteiger partial charge in [-0.05, 0) is 12.0 Å². The van der Waals surface area contributed by atoms with Crippen LogP contribution in [0.5, 0.6) is 0 Å². The van der Waals surface area contributed by atoms with Crippen molar-refractivity contribution in [2.75, 3.05) is 39.6 Å². The van der Waals surface area contributed by atoms with Crippen molar-refractivity contribution in [1.82, 2.24) is 20.3 Å². The lowest BCUT2D eigenvalue weighted by Crippen LogP contribution is -2.21. The predicted octanol–water partition coefficient (Wildman–Crippen LogP) is 1.38. The Hall–Kier alpha value is -2.10. The number of hydrogen-bond acceptors (Lipinski definition) is 7. The minimum Gasteiger partial charge on any atom is -0.379 e. The molecule has 0 bridgehead atoms. The number of carbonyl (C=O) groups excluding carboxylic acids is 2. The van der Waals surface area contributed by atoms with Gasteiger partial charge in [-0.15, -0.1) is 5.10 Å². The van der Waals surface area contributed by atoms with Crippen molar-refractivity contribution in [1.29, 1.82) is 0 Å². The molecule has 0 aliphatic heterocycles. The summed E-state index contributed by atoms with van der Waals surface area (Å²) in [5.74, 6) is -0.0250. The van der Waals surface area contributed by atoms with E-state index in [1.165, 1.54) is 12.2 Å². The van der Waals surface area contributed by atoms with Gasteiger partial charge in [0.15, 0.2) is 5.78 Å². The molecule has 1 rings (SSSR count). The number of aromatic nitrogens is 3. The molecule has 9 heteroatoms. The molecular weight excluding hydrogens is 376 g/mol. The van der Waals surface area contributed by atoms with Crippen LogP contribution in [0.2, 0.25) is 0 Å².